The molecule has 0 aliphatic carbocycles. The number of piperazine rings is 1. The summed E-state index contributed by atoms with van der Waals surface area (Å²) in [5.41, 5.74) is 7.91. The van der Waals surface area contributed by atoms with Crippen molar-refractivity contribution in [3.63, 3.8) is 0 Å². The number of para-hydroxylation sites is 1. The number of benzene rings is 1. The van der Waals surface area contributed by atoms with Gasteiger partial charge in [0.15, 0.2) is 0 Å². The van der Waals surface area contributed by atoms with Gasteiger partial charge in [-0.2, -0.15) is 0 Å². The quantitative estimate of drug-likeness (QED) is 0.793. The summed E-state index contributed by atoms with van der Waals surface area (Å²) in [4.78, 5) is 4.98. The van der Waals surface area contributed by atoms with Crippen LogP contribution in [0.5, 0.6) is 0 Å². The maximum Gasteiger partial charge on any atom is 0.0790 e. The number of hydrogen-bond acceptors (Lipinski definition) is 3. The van der Waals surface area contributed by atoms with Crippen molar-refractivity contribution >= 4 is 23.0 Å². The lowest BCUT2D eigenvalue weighted by Crippen LogP contribution is -2.55. The van der Waals surface area contributed by atoms with Crippen molar-refractivity contribution in [2.75, 3.05) is 36.8 Å². The molecule has 0 radical (unpaired) electrons. The predicted molar refractivity (Wildman–Crippen MR) is 77.3 cm³/mol. The van der Waals surface area contributed by atoms with Gasteiger partial charge < -0.3 is 10.6 Å². The van der Waals surface area contributed by atoms with Crippen LogP contribution in [0.3, 0.4) is 0 Å². The molecule has 1 aromatic carbocycles. The number of rotatable bonds is 1. The second-order valence-electron chi connectivity index (χ2n) is 5.31. The highest BCUT2D eigenvalue weighted by atomic mass is 35.5. The van der Waals surface area contributed by atoms with Crippen LogP contribution in [0.25, 0.3) is 0 Å². The average molecular weight is 266 g/mol. The number of hydrogen-bond donors (Lipinski definition) is 1. The minimum Gasteiger partial charge on any atom is -0.397 e. The van der Waals surface area contributed by atoms with Crippen molar-refractivity contribution in [3.8, 4) is 0 Å². The molecule has 0 aromatic heterocycles. The van der Waals surface area contributed by atoms with Gasteiger partial charge in [-0.25, -0.2) is 0 Å². The SMILES string of the molecule is Nc1cccc(Cl)c1N1CCN2CCCCC2C1. The van der Waals surface area contributed by atoms with Crippen molar-refractivity contribution < 1.29 is 0 Å². The van der Waals surface area contributed by atoms with E-state index in [0.29, 0.717) is 6.04 Å². The maximum absolute atomic E-state index is 6.30. The van der Waals surface area contributed by atoms with Crippen LogP contribution in [-0.2, 0) is 0 Å². The molecule has 18 heavy (non-hydrogen) atoms. The molecule has 1 aromatic rings. The summed E-state index contributed by atoms with van der Waals surface area (Å²) in [7, 11) is 0. The summed E-state index contributed by atoms with van der Waals surface area (Å²) in [6, 6.07) is 6.47. The highest BCUT2D eigenvalue weighted by Gasteiger charge is 2.30. The van der Waals surface area contributed by atoms with E-state index in [2.05, 4.69) is 9.80 Å². The van der Waals surface area contributed by atoms with Crippen LogP contribution in [-0.4, -0.2) is 37.1 Å². The number of halogens is 1. The Labute approximate surface area is 114 Å². The molecular weight excluding hydrogens is 246 g/mol. The zero-order valence-electron chi connectivity index (χ0n) is 10.6. The van der Waals surface area contributed by atoms with Crippen molar-refractivity contribution in [1.29, 1.82) is 0 Å². The summed E-state index contributed by atoms with van der Waals surface area (Å²) in [5, 5.41) is 0.777. The molecule has 98 valence electrons. The van der Waals surface area contributed by atoms with E-state index in [9.17, 15) is 0 Å². The average Bonchev–Trinajstić information content (AvgIpc) is 2.38. The molecule has 2 aliphatic rings. The third-order valence-corrected chi connectivity index (χ3v) is 4.48. The monoisotopic (exact) mass is 265 g/mol. The first kappa shape index (κ1) is 12.1. The molecule has 3 rings (SSSR count). The third kappa shape index (κ3) is 2.17. The molecular formula is C14H20ClN3. The summed E-state index contributed by atoms with van der Waals surface area (Å²) in [6.45, 7) is 4.49. The van der Waals surface area contributed by atoms with Crippen molar-refractivity contribution in [1.82, 2.24) is 4.90 Å². The van der Waals surface area contributed by atoms with E-state index < -0.39 is 0 Å². The Morgan fingerprint density at radius 2 is 2.06 bits per heavy atom. The molecule has 2 saturated heterocycles. The number of anilines is 2. The van der Waals surface area contributed by atoms with E-state index in [1.54, 1.807) is 0 Å². The molecule has 1 unspecified atom stereocenters. The molecule has 2 N–H and O–H groups in total. The largest absolute Gasteiger partial charge is 0.397 e. The van der Waals surface area contributed by atoms with Crippen LogP contribution in [0.15, 0.2) is 18.2 Å². The molecule has 2 aliphatic heterocycles. The van der Waals surface area contributed by atoms with E-state index in [0.717, 1.165) is 36.0 Å². The van der Waals surface area contributed by atoms with Gasteiger partial charge in [0, 0.05) is 25.7 Å². The third-order valence-electron chi connectivity index (χ3n) is 4.17. The molecule has 2 heterocycles. The lowest BCUT2D eigenvalue weighted by atomic mass is 9.99. The second kappa shape index (κ2) is 4.98. The molecule has 0 bridgehead atoms. The second-order valence-corrected chi connectivity index (χ2v) is 5.72. The minimum atomic E-state index is 0.683. The van der Waals surface area contributed by atoms with Crippen LogP contribution in [0.2, 0.25) is 5.02 Å². The van der Waals surface area contributed by atoms with Crippen LogP contribution < -0.4 is 10.6 Å². The van der Waals surface area contributed by atoms with Crippen LogP contribution >= 0.6 is 11.6 Å². The Hall–Kier alpha value is -0.930. The molecule has 1 atom stereocenters. The van der Waals surface area contributed by atoms with Crippen molar-refractivity contribution in [2.45, 2.75) is 25.3 Å². The van der Waals surface area contributed by atoms with Gasteiger partial charge in [0.1, 0.15) is 0 Å². The van der Waals surface area contributed by atoms with Gasteiger partial charge in [0.25, 0.3) is 0 Å². The first-order chi connectivity index (χ1) is 8.75. The van der Waals surface area contributed by atoms with Gasteiger partial charge in [-0.1, -0.05) is 24.1 Å². The van der Waals surface area contributed by atoms with Gasteiger partial charge >= 0.3 is 0 Å². The van der Waals surface area contributed by atoms with Gasteiger partial charge in [0.05, 0.1) is 16.4 Å². The number of fused-ring (bicyclic) bond motifs is 1. The normalized spacial score (nSPS) is 24.9. The van der Waals surface area contributed by atoms with E-state index >= 15 is 0 Å². The van der Waals surface area contributed by atoms with E-state index in [-0.39, 0.29) is 0 Å². The standard InChI is InChI=1S/C14H20ClN3/c15-12-5-3-6-13(16)14(12)18-9-8-17-7-2-1-4-11(17)10-18/h3,5-6,11H,1-2,4,7-10,16H2. The topological polar surface area (TPSA) is 32.5 Å². The highest BCUT2D eigenvalue weighted by Crippen LogP contribution is 2.34. The summed E-state index contributed by atoms with van der Waals surface area (Å²) >= 11 is 6.30. The van der Waals surface area contributed by atoms with Gasteiger partial charge in [-0.05, 0) is 31.5 Å². The molecule has 3 nitrogen and oxygen atoms in total. The molecule has 4 heteroatoms. The molecule has 2 fully saturated rings. The van der Waals surface area contributed by atoms with Gasteiger partial charge in [0.2, 0.25) is 0 Å². The van der Waals surface area contributed by atoms with Gasteiger partial charge in [-0.15, -0.1) is 0 Å². The number of nitrogens with two attached hydrogens (primary N) is 1. The zero-order valence-corrected chi connectivity index (χ0v) is 11.4. The van der Waals surface area contributed by atoms with Crippen molar-refractivity contribution in [3.05, 3.63) is 23.2 Å². The first-order valence-electron chi connectivity index (χ1n) is 6.78. The summed E-state index contributed by atoms with van der Waals surface area (Å²) in [6.07, 6.45) is 4.01. The van der Waals surface area contributed by atoms with E-state index in [4.69, 9.17) is 17.3 Å². The Morgan fingerprint density at radius 3 is 2.89 bits per heavy atom. The molecule has 0 amide bonds. The number of piperidine rings is 1. The fourth-order valence-electron chi connectivity index (χ4n) is 3.22. The Balaban J connectivity index is 1.81. The minimum absolute atomic E-state index is 0.683. The predicted octanol–water partition coefficient (Wildman–Crippen LogP) is 2.60. The lowest BCUT2D eigenvalue weighted by molar-refractivity contribution is 0.133. The van der Waals surface area contributed by atoms with Crippen molar-refractivity contribution in [2.24, 2.45) is 0 Å². The first-order valence-corrected chi connectivity index (χ1v) is 7.16. The number of nitrogens with zero attached hydrogens (tertiary/aromatic N) is 2. The zero-order chi connectivity index (χ0) is 12.5. The summed E-state index contributed by atoms with van der Waals surface area (Å²) < 4.78 is 0. The fourth-order valence-corrected chi connectivity index (χ4v) is 3.53. The molecule has 0 spiro atoms. The maximum atomic E-state index is 6.30. The highest BCUT2D eigenvalue weighted by molar-refractivity contribution is 6.34. The van der Waals surface area contributed by atoms with Crippen LogP contribution in [0.1, 0.15) is 19.3 Å². The Morgan fingerprint density at radius 1 is 1.17 bits per heavy atom. The lowest BCUT2D eigenvalue weighted by Gasteiger charge is -2.45. The van der Waals surface area contributed by atoms with E-state index in [1.807, 2.05) is 18.2 Å². The molecule has 0 saturated carbocycles. The Kier molecular flexibility index (Phi) is 3.35. The van der Waals surface area contributed by atoms with Gasteiger partial charge in [-0.3, -0.25) is 4.90 Å². The summed E-state index contributed by atoms with van der Waals surface area (Å²) in [5.74, 6) is 0. The van der Waals surface area contributed by atoms with E-state index in [1.165, 1.54) is 25.8 Å². The smallest absolute Gasteiger partial charge is 0.0790 e. The van der Waals surface area contributed by atoms with Crippen LogP contribution in [0, 0.1) is 0 Å². The Bertz CT molecular complexity index is 415. The number of nitrogen functional groups attached to an aromatic ring is 1. The fraction of sp³-hybridized carbons (Fsp3) is 0.571. The van der Waals surface area contributed by atoms with Crippen LogP contribution in [0.4, 0.5) is 11.4 Å².